The lowest BCUT2D eigenvalue weighted by molar-refractivity contribution is -0.0328. The summed E-state index contributed by atoms with van der Waals surface area (Å²) in [5.74, 6) is 0. The lowest BCUT2D eigenvalue weighted by atomic mass is 9.93. The number of hydrogen-bond donors (Lipinski definition) is 2. The van der Waals surface area contributed by atoms with Gasteiger partial charge in [-0.3, -0.25) is 0 Å². The number of benzene rings is 1. The molecule has 0 aliphatic rings. The molecule has 1 unspecified atom stereocenters. The van der Waals surface area contributed by atoms with Gasteiger partial charge in [0, 0.05) is 10.4 Å². The second-order valence-electron chi connectivity index (χ2n) is 4.34. The zero-order valence-corrected chi connectivity index (χ0v) is 10.3. The van der Waals surface area contributed by atoms with Crippen LogP contribution in [-0.2, 0) is 0 Å². The third-order valence-electron chi connectivity index (χ3n) is 2.13. The first-order valence-electron chi connectivity index (χ1n) is 4.92. The highest BCUT2D eigenvalue weighted by atomic mass is 32.2. The summed E-state index contributed by atoms with van der Waals surface area (Å²) in [4.78, 5) is 0.0864. The van der Waals surface area contributed by atoms with Gasteiger partial charge in [0.25, 0.3) is 0 Å². The second-order valence-corrected chi connectivity index (χ2v) is 5.48. The Bertz CT molecular complexity index is 370. The first kappa shape index (κ1) is 14.3. The highest BCUT2D eigenvalue weighted by molar-refractivity contribution is 8.00. The van der Waals surface area contributed by atoms with Gasteiger partial charge in [0.15, 0.2) is 0 Å². The first-order valence-corrected chi connectivity index (χ1v) is 5.74. The fourth-order valence-electron chi connectivity index (χ4n) is 1.28. The van der Waals surface area contributed by atoms with Crippen LogP contribution in [0.25, 0.3) is 0 Å². The van der Waals surface area contributed by atoms with Gasteiger partial charge in [0.05, 0.1) is 6.10 Å². The van der Waals surface area contributed by atoms with E-state index in [1.165, 1.54) is 24.3 Å². The quantitative estimate of drug-likeness (QED) is 0.826. The molecule has 96 valence electrons. The summed E-state index contributed by atoms with van der Waals surface area (Å²) in [5.41, 5.74) is 1.09. The van der Waals surface area contributed by atoms with Crippen LogP contribution in [0.2, 0.25) is 0 Å². The van der Waals surface area contributed by atoms with E-state index in [2.05, 4.69) is 0 Å². The Hall–Kier alpha value is -0.720. The van der Waals surface area contributed by atoms with Crippen LogP contribution in [0.4, 0.5) is 13.2 Å². The summed E-state index contributed by atoms with van der Waals surface area (Å²) >= 11 is -0.184. The van der Waals surface area contributed by atoms with Crippen LogP contribution in [0.5, 0.6) is 0 Å². The average molecular weight is 265 g/mol. The molecular weight excluding hydrogens is 251 g/mol. The zero-order valence-electron chi connectivity index (χ0n) is 9.45. The second kappa shape index (κ2) is 4.88. The summed E-state index contributed by atoms with van der Waals surface area (Å²) in [6, 6.07) is 5.55. The van der Waals surface area contributed by atoms with Gasteiger partial charge in [-0.1, -0.05) is 12.1 Å². The van der Waals surface area contributed by atoms with Crippen molar-refractivity contribution in [2.75, 3.05) is 0 Å². The largest absolute Gasteiger partial charge is 0.446 e. The number of halogens is 3. The number of aliphatic hydroxyl groups excluding tert-OH is 1. The van der Waals surface area contributed by atoms with Crippen molar-refractivity contribution < 1.29 is 18.3 Å². The lowest BCUT2D eigenvalue weighted by Crippen LogP contribution is -2.39. The molecule has 0 aliphatic heterocycles. The molecular formula is C11H14F3NOS. The fraction of sp³-hybridized carbons (Fsp3) is 0.455. The SMILES string of the molecule is CC(C)(N)C(O)c1ccc(SC(F)(F)F)cc1. The molecule has 1 aromatic carbocycles. The first-order chi connectivity index (χ1) is 7.59. The lowest BCUT2D eigenvalue weighted by Gasteiger charge is -2.26. The van der Waals surface area contributed by atoms with Gasteiger partial charge in [-0.25, -0.2) is 0 Å². The summed E-state index contributed by atoms with van der Waals surface area (Å²) in [6.45, 7) is 3.30. The molecule has 0 spiro atoms. The standard InChI is InChI=1S/C11H14F3NOS/c1-10(2,15)9(16)7-3-5-8(6-4-7)17-11(12,13)14/h3-6,9,16H,15H2,1-2H3. The monoisotopic (exact) mass is 265 g/mol. The summed E-state index contributed by atoms with van der Waals surface area (Å²) in [7, 11) is 0. The third-order valence-corrected chi connectivity index (χ3v) is 2.87. The topological polar surface area (TPSA) is 46.2 Å². The summed E-state index contributed by atoms with van der Waals surface area (Å²) in [6.07, 6.45) is -0.910. The maximum Gasteiger partial charge on any atom is 0.446 e. The highest BCUT2D eigenvalue weighted by Gasteiger charge is 2.29. The molecule has 6 heteroatoms. The maximum atomic E-state index is 12.1. The van der Waals surface area contributed by atoms with E-state index in [1.807, 2.05) is 0 Å². The van der Waals surface area contributed by atoms with Crippen LogP contribution >= 0.6 is 11.8 Å². The highest BCUT2D eigenvalue weighted by Crippen LogP contribution is 2.37. The third kappa shape index (κ3) is 4.57. The van der Waals surface area contributed by atoms with Crippen molar-refractivity contribution in [2.24, 2.45) is 5.73 Å². The van der Waals surface area contributed by atoms with E-state index in [-0.39, 0.29) is 16.7 Å². The maximum absolute atomic E-state index is 12.1. The van der Waals surface area contributed by atoms with Crippen molar-refractivity contribution in [2.45, 2.75) is 35.9 Å². The Balaban J connectivity index is 2.82. The average Bonchev–Trinajstić information content (AvgIpc) is 2.14. The number of thioether (sulfide) groups is 1. The zero-order chi connectivity index (χ0) is 13.3. The van der Waals surface area contributed by atoms with Crippen molar-refractivity contribution in [3.63, 3.8) is 0 Å². The minimum atomic E-state index is -4.30. The molecule has 0 amide bonds. The number of hydrogen-bond acceptors (Lipinski definition) is 3. The van der Waals surface area contributed by atoms with Crippen LogP contribution in [0.3, 0.4) is 0 Å². The van der Waals surface area contributed by atoms with Gasteiger partial charge < -0.3 is 10.8 Å². The molecule has 0 aromatic heterocycles. The van der Waals surface area contributed by atoms with Gasteiger partial charge >= 0.3 is 5.51 Å². The van der Waals surface area contributed by atoms with Gasteiger partial charge in [-0.05, 0) is 43.3 Å². The van der Waals surface area contributed by atoms with Crippen molar-refractivity contribution in [3.8, 4) is 0 Å². The normalized spacial score (nSPS) is 14.8. The minimum absolute atomic E-state index is 0.0864. The molecule has 2 nitrogen and oxygen atoms in total. The molecule has 0 saturated heterocycles. The van der Waals surface area contributed by atoms with E-state index in [0.717, 1.165) is 0 Å². The van der Waals surface area contributed by atoms with Crippen LogP contribution in [-0.4, -0.2) is 16.2 Å². The molecule has 0 bridgehead atoms. The smallest absolute Gasteiger partial charge is 0.387 e. The molecule has 0 radical (unpaired) electrons. The number of aliphatic hydroxyl groups is 1. The molecule has 17 heavy (non-hydrogen) atoms. The number of alkyl halides is 3. The van der Waals surface area contributed by atoms with E-state index < -0.39 is 17.2 Å². The van der Waals surface area contributed by atoms with Crippen molar-refractivity contribution in [1.29, 1.82) is 0 Å². The van der Waals surface area contributed by atoms with Gasteiger partial charge in [0.2, 0.25) is 0 Å². The Morgan fingerprint density at radius 1 is 1.18 bits per heavy atom. The van der Waals surface area contributed by atoms with E-state index >= 15 is 0 Å². The van der Waals surface area contributed by atoms with Gasteiger partial charge in [-0.15, -0.1) is 0 Å². The molecule has 0 saturated carbocycles. The molecule has 0 fully saturated rings. The Labute approximate surface area is 102 Å². The number of rotatable bonds is 3. The Kier molecular flexibility index (Phi) is 4.11. The van der Waals surface area contributed by atoms with E-state index in [0.29, 0.717) is 5.56 Å². The fourth-order valence-corrected chi connectivity index (χ4v) is 1.82. The predicted molar refractivity (Wildman–Crippen MR) is 61.6 cm³/mol. The number of nitrogens with two attached hydrogens (primary N) is 1. The van der Waals surface area contributed by atoms with E-state index in [4.69, 9.17) is 5.73 Å². The molecule has 0 heterocycles. The Morgan fingerprint density at radius 3 is 2.00 bits per heavy atom. The predicted octanol–water partition coefficient (Wildman–Crippen LogP) is 3.07. The van der Waals surface area contributed by atoms with E-state index in [1.54, 1.807) is 13.8 Å². The van der Waals surface area contributed by atoms with Crippen LogP contribution in [0.15, 0.2) is 29.2 Å². The van der Waals surface area contributed by atoms with Crippen molar-refractivity contribution >= 4 is 11.8 Å². The summed E-state index contributed by atoms with van der Waals surface area (Å²) in [5, 5.41) is 9.83. The van der Waals surface area contributed by atoms with Crippen LogP contribution < -0.4 is 5.73 Å². The Morgan fingerprint density at radius 2 is 1.65 bits per heavy atom. The molecule has 1 aromatic rings. The molecule has 1 rings (SSSR count). The van der Waals surface area contributed by atoms with Gasteiger partial charge in [-0.2, -0.15) is 13.2 Å². The minimum Gasteiger partial charge on any atom is -0.387 e. The molecule has 0 aliphatic carbocycles. The van der Waals surface area contributed by atoms with Crippen molar-refractivity contribution in [1.82, 2.24) is 0 Å². The van der Waals surface area contributed by atoms with Crippen LogP contribution in [0, 0.1) is 0 Å². The molecule has 3 N–H and O–H groups in total. The van der Waals surface area contributed by atoms with Crippen LogP contribution in [0.1, 0.15) is 25.5 Å². The van der Waals surface area contributed by atoms with Crippen molar-refractivity contribution in [3.05, 3.63) is 29.8 Å². The van der Waals surface area contributed by atoms with E-state index in [9.17, 15) is 18.3 Å². The van der Waals surface area contributed by atoms with Gasteiger partial charge in [0.1, 0.15) is 0 Å². The summed E-state index contributed by atoms with van der Waals surface area (Å²) < 4.78 is 36.2. The molecule has 1 atom stereocenters.